The minimum absolute atomic E-state index is 0.125. The number of hydrogen-bond donors (Lipinski definition) is 3. The minimum atomic E-state index is -0.349. The van der Waals surface area contributed by atoms with Gasteiger partial charge in [-0.15, -0.1) is 0 Å². The van der Waals surface area contributed by atoms with Gasteiger partial charge in [-0.1, -0.05) is 0 Å². The zero-order valence-corrected chi connectivity index (χ0v) is 19.9. The molecule has 34 heavy (non-hydrogen) atoms. The van der Waals surface area contributed by atoms with Crippen LogP contribution in [0.2, 0.25) is 0 Å². The average molecular weight is 463 g/mol. The van der Waals surface area contributed by atoms with Gasteiger partial charge in [0.05, 0.1) is 0 Å². The van der Waals surface area contributed by atoms with Crippen LogP contribution in [0.15, 0.2) is 42.6 Å². The molecule has 1 fully saturated rings. The Morgan fingerprint density at radius 3 is 2.29 bits per heavy atom. The summed E-state index contributed by atoms with van der Waals surface area (Å²) in [5.41, 5.74) is 2.09. The van der Waals surface area contributed by atoms with Gasteiger partial charge in [0.1, 0.15) is 5.82 Å². The minimum Gasteiger partial charge on any atom is -0.368 e. The Morgan fingerprint density at radius 2 is 1.65 bits per heavy atom. The van der Waals surface area contributed by atoms with Crippen LogP contribution in [-0.2, 0) is 4.79 Å². The summed E-state index contributed by atoms with van der Waals surface area (Å²) in [4.78, 5) is 41.1. The molecule has 10 heteroatoms. The molecule has 0 bridgehead atoms. The van der Waals surface area contributed by atoms with Crippen LogP contribution in [0.5, 0.6) is 0 Å². The normalized spacial score (nSPS) is 14.1. The van der Waals surface area contributed by atoms with Gasteiger partial charge < -0.3 is 20.4 Å². The van der Waals surface area contributed by atoms with E-state index >= 15 is 0 Å². The van der Waals surface area contributed by atoms with E-state index in [0.717, 1.165) is 42.9 Å². The van der Waals surface area contributed by atoms with Crippen molar-refractivity contribution in [2.45, 2.75) is 33.2 Å². The molecular formula is C24H30N8O2. The number of nitrogens with zero attached hydrogens (tertiary/aromatic N) is 5. The van der Waals surface area contributed by atoms with Gasteiger partial charge in [0.2, 0.25) is 11.9 Å². The number of nitrogens with one attached hydrogen (secondary N) is 3. The van der Waals surface area contributed by atoms with Gasteiger partial charge in [0.25, 0.3) is 0 Å². The van der Waals surface area contributed by atoms with Crippen LogP contribution in [-0.4, -0.2) is 63.5 Å². The van der Waals surface area contributed by atoms with Gasteiger partial charge in [-0.05, 0) is 57.2 Å². The van der Waals surface area contributed by atoms with Crippen molar-refractivity contribution < 1.29 is 9.59 Å². The second-order valence-electron chi connectivity index (χ2n) is 9.30. The van der Waals surface area contributed by atoms with Gasteiger partial charge in [-0.25, -0.2) is 14.8 Å². The number of piperazine rings is 1. The summed E-state index contributed by atoms with van der Waals surface area (Å²) in [6, 6.07) is 11.2. The van der Waals surface area contributed by atoms with E-state index in [1.807, 2.05) is 56.0 Å². The first kappa shape index (κ1) is 23.2. The van der Waals surface area contributed by atoms with Crippen LogP contribution in [0.25, 0.3) is 11.0 Å². The monoisotopic (exact) mass is 462 g/mol. The van der Waals surface area contributed by atoms with Crippen molar-refractivity contribution in [3.63, 3.8) is 0 Å². The van der Waals surface area contributed by atoms with Crippen LogP contribution in [0, 0.1) is 0 Å². The molecule has 1 aliphatic heterocycles. The summed E-state index contributed by atoms with van der Waals surface area (Å²) in [6.45, 7) is 10.4. The molecule has 3 amide bonds. The van der Waals surface area contributed by atoms with Crippen molar-refractivity contribution in [1.82, 2.24) is 25.2 Å². The van der Waals surface area contributed by atoms with E-state index in [9.17, 15) is 9.59 Å². The maximum absolute atomic E-state index is 12.1. The molecule has 1 aliphatic rings. The molecule has 2 aromatic heterocycles. The Morgan fingerprint density at radius 1 is 0.941 bits per heavy atom. The summed E-state index contributed by atoms with van der Waals surface area (Å²) in [7, 11) is 0. The van der Waals surface area contributed by atoms with Gasteiger partial charge >= 0.3 is 6.03 Å². The van der Waals surface area contributed by atoms with E-state index < -0.39 is 0 Å². The topological polar surface area (TPSA) is 115 Å². The predicted molar refractivity (Wildman–Crippen MR) is 133 cm³/mol. The van der Waals surface area contributed by atoms with Crippen LogP contribution < -0.4 is 20.9 Å². The highest BCUT2D eigenvalue weighted by Gasteiger charge is 2.19. The van der Waals surface area contributed by atoms with E-state index in [0.29, 0.717) is 17.4 Å². The second-order valence-corrected chi connectivity index (χ2v) is 9.30. The van der Waals surface area contributed by atoms with Crippen LogP contribution >= 0.6 is 0 Å². The second kappa shape index (κ2) is 9.50. The van der Waals surface area contributed by atoms with Crippen molar-refractivity contribution >= 4 is 46.1 Å². The first-order chi connectivity index (χ1) is 16.2. The third kappa shape index (κ3) is 5.89. The lowest BCUT2D eigenvalue weighted by molar-refractivity contribution is -0.129. The molecule has 3 N–H and O–H groups in total. The molecule has 0 spiro atoms. The van der Waals surface area contributed by atoms with Gasteiger partial charge in [0.15, 0.2) is 5.65 Å². The average Bonchev–Trinajstić information content (AvgIpc) is 2.78. The lowest BCUT2D eigenvalue weighted by Gasteiger charge is -2.35. The Kier molecular flexibility index (Phi) is 6.49. The fourth-order valence-corrected chi connectivity index (χ4v) is 3.69. The summed E-state index contributed by atoms with van der Waals surface area (Å²) in [5, 5.41) is 9.55. The Labute approximate surface area is 198 Å². The summed E-state index contributed by atoms with van der Waals surface area (Å²) >= 11 is 0. The smallest absolute Gasteiger partial charge is 0.320 e. The highest BCUT2D eigenvalue weighted by atomic mass is 16.2. The number of carbonyl (C=O) groups is 2. The number of urea groups is 1. The largest absolute Gasteiger partial charge is 0.368 e. The number of fused-ring (bicyclic) bond motifs is 1. The zero-order chi connectivity index (χ0) is 24.3. The lowest BCUT2D eigenvalue weighted by Crippen LogP contribution is -2.48. The van der Waals surface area contributed by atoms with E-state index in [-0.39, 0.29) is 17.5 Å². The Hall–Kier alpha value is -3.95. The zero-order valence-electron chi connectivity index (χ0n) is 19.9. The first-order valence-electron chi connectivity index (χ1n) is 11.3. The molecule has 4 rings (SSSR count). The maximum atomic E-state index is 12.1. The molecule has 0 aliphatic carbocycles. The third-order valence-corrected chi connectivity index (χ3v) is 5.39. The molecule has 0 saturated carbocycles. The quantitative estimate of drug-likeness (QED) is 0.544. The van der Waals surface area contributed by atoms with E-state index in [2.05, 4.69) is 35.8 Å². The molecule has 10 nitrogen and oxygen atoms in total. The molecule has 1 saturated heterocycles. The summed E-state index contributed by atoms with van der Waals surface area (Å²) in [6.07, 6.45) is 1.69. The summed E-state index contributed by atoms with van der Waals surface area (Å²) < 4.78 is 0. The number of rotatable bonds is 4. The lowest BCUT2D eigenvalue weighted by atomic mass is 10.1. The molecule has 0 unspecified atom stereocenters. The number of pyridine rings is 1. The number of benzene rings is 1. The van der Waals surface area contributed by atoms with Gasteiger partial charge in [0, 0.05) is 61.6 Å². The Bertz CT molecular complexity index is 1180. The van der Waals surface area contributed by atoms with Crippen molar-refractivity contribution in [3.05, 3.63) is 42.6 Å². The number of aromatic nitrogens is 3. The van der Waals surface area contributed by atoms with Crippen molar-refractivity contribution in [1.29, 1.82) is 0 Å². The fourth-order valence-electron chi connectivity index (χ4n) is 3.69. The molecule has 0 radical (unpaired) electrons. The molecular weight excluding hydrogens is 432 g/mol. The van der Waals surface area contributed by atoms with E-state index in [1.54, 1.807) is 19.2 Å². The molecule has 3 aromatic rings. The molecule has 3 heterocycles. The SMILES string of the molecule is CC(=O)N1CCN(c2ccc(Nc3ncc4ccc(NC(=O)NC(C)(C)C)nc4n3)cc2)CC1. The molecule has 1 aromatic carbocycles. The van der Waals surface area contributed by atoms with Crippen molar-refractivity contribution in [2.24, 2.45) is 0 Å². The number of carbonyl (C=O) groups excluding carboxylic acids is 2. The van der Waals surface area contributed by atoms with E-state index in [4.69, 9.17) is 0 Å². The fraction of sp³-hybridized carbons (Fsp3) is 0.375. The molecule has 0 atom stereocenters. The third-order valence-electron chi connectivity index (χ3n) is 5.39. The standard InChI is InChI=1S/C24H30N8O2/c1-16(33)31-11-13-32(14-12-31)19-8-6-18(7-9-19)26-22-25-15-17-5-10-20(27-21(17)29-22)28-23(34)30-24(2,3)4/h5-10,15H,11-14H2,1-4H3,(H3,25,26,27,28,29,30,34). The number of amides is 3. The van der Waals surface area contributed by atoms with Crippen molar-refractivity contribution in [3.8, 4) is 0 Å². The van der Waals surface area contributed by atoms with Crippen molar-refractivity contribution in [2.75, 3.05) is 41.7 Å². The Balaban J connectivity index is 1.41. The number of hydrogen-bond acceptors (Lipinski definition) is 7. The molecule has 178 valence electrons. The van der Waals surface area contributed by atoms with Crippen LogP contribution in [0.1, 0.15) is 27.7 Å². The van der Waals surface area contributed by atoms with Crippen LogP contribution in [0.4, 0.5) is 27.9 Å². The van der Waals surface area contributed by atoms with E-state index in [1.165, 1.54) is 0 Å². The maximum Gasteiger partial charge on any atom is 0.320 e. The van der Waals surface area contributed by atoms with Crippen LogP contribution in [0.3, 0.4) is 0 Å². The summed E-state index contributed by atoms with van der Waals surface area (Å²) in [5.74, 6) is 0.951. The highest BCUT2D eigenvalue weighted by molar-refractivity contribution is 5.90. The first-order valence-corrected chi connectivity index (χ1v) is 11.3. The number of anilines is 4. The highest BCUT2D eigenvalue weighted by Crippen LogP contribution is 2.22. The predicted octanol–water partition coefficient (Wildman–Crippen LogP) is 3.36. The van der Waals surface area contributed by atoms with Gasteiger partial charge in [-0.2, -0.15) is 4.98 Å². The van der Waals surface area contributed by atoms with Gasteiger partial charge in [-0.3, -0.25) is 10.1 Å².